The molecule has 2 rings (SSSR count). The SMILES string of the molecule is C[C@H]1C[C@H](C)CN(c2ccc(S(N)(=O)=O)cc2[N+](=O)[O-])C1. The Morgan fingerprint density at radius 2 is 1.86 bits per heavy atom. The summed E-state index contributed by atoms with van der Waals surface area (Å²) in [6.45, 7) is 5.65. The zero-order chi connectivity index (χ0) is 15.8. The van der Waals surface area contributed by atoms with Gasteiger partial charge in [0, 0.05) is 19.2 Å². The number of benzene rings is 1. The molecule has 0 saturated carbocycles. The van der Waals surface area contributed by atoms with Crippen molar-refractivity contribution in [1.82, 2.24) is 0 Å². The lowest BCUT2D eigenvalue weighted by atomic mass is 9.91. The Labute approximate surface area is 123 Å². The third-order valence-electron chi connectivity index (χ3n) is 3.68. The Morgan fingerprint density at radius 3 is 2.33 bits per heavy atom. The zero-order valence-electron chi connectivity index (χ0n) is 12.0. The fourth-order valence-corrected chi connectivity index (χ4v) is 3.49. The van der Waals surface area contributed by atoms with Gasteiger partial charge in [-0.25, -0.2) is 13.6 Å². The second-order valence-electron chi connectivity index (χ2n) is 5.80. The Morgan fingerprint density at radius 1 is 1.29 bits per heavy atom. The van der Waals surface area contributed by atoms with E-state index < -0.39 is 14.9 Å². The maximum atomic E-state index is 11.3. The monoisotopic (exact) mass is 313 g/mol. The number of piperidine rings is 1. The van der Waals surface area contributed by atoms with Crippen molar-refractivity contribution in [3.63, 3.8) is 0 Å². The Hall–Kier alpha value is -1.67. The zero-order valence-corrected chi connectivity index (χ0v) is 12.8. The lowest BCUT2D eigenvalue weighted by molar-refractivity contribution is -0.384. The van der Waals surface area contributed by atoms with Gasteiger partial charge in [-0.15, -0.1) is 0 Å². The molecule has 0 bridgehead atoms. The van der Waals surface area contributed by atoms with Gasteiger partial charge < -0.3 is 4.90 Å². The van der Waals surface area contributed by atoms with Gasteiger partial charge in [-0.3, -0.25) is 10.1 Å². The maximum absolute atomic E-state index is 11.3. The van der Waals surface area contributed by atoms with Gasteiger partial charge in [-0.05, 0) is 30.4 Å². The highest BCUT2D eigenvalue weighted by molar-refractivity contribution is 7.89. The van der Waals surface area contributed by atoms with Crippen molar-refractivity contribution in [2.45, 2.75) is 25.2 Å². The summed E-state index contributed by atoms with van der Waals surface area (Å²) in [4.78, 5) is 12.4. The van der Waals surface area contributed by atoms with Gasteiger partial charge >= 0.3 is 0 Å². The highest BCUT2D eigenvalue weighted by Crippen LogP contribution is 2.34. The molecule has 21 heavy (non-hydrogen) atoms. The quantitative estimate of drug-likeness (QED) is 0.675. The first-order chi connectivity index (χ1) is 9.68. The van der Waals surface area contributed by atoms with Crippen molar-refractivity contribution in [3.05, 3.63) is 28.3 Å². The molecule has 1 aromatic rings. The van der Waals surface area contributed by atoms with E-state index in [0.717, 1.165) is 25.6 Å². The fourth-order valence-electron chi connectivity index (χ4n) is 2.95. The molecular formula is C13H19N3O4S. The van der Waals surface area contributed by atoms with Crippen LogP contribution in [-0.4, -0.2) is 26.4 Å². The van der Waals surface area contributed by atoms with Crippen molar-refractivity contribution in [2.24, 2.45) is 17.0 Å². The van der Waals surface area contributed by atoms with Crippen LogP contribution in [0.1, 0.15) is 20.3 Å². The van der Waals surface area contributed by atoms with Crippen molar-refractivity contribution >= 4 is 21.4 Å². The highest BCUT2D eigenvalue weighted by Gasteiger charge is 2.28. The third kappa shape index (κ3) is 3.51. The van der Waals surface area contributed by atoms with Crippen LogP contribution in [0, 0.1) is 22.0 Å². The smallest absolute Gasteiger partial charge is 0.293 e. The molecular weight excluding hydrogens is 294 g/mol. The first-order valence-corrected chi connectivity index (χ1v) is 8.29. The maximum Gasteiger partial charge on any atom is 0.293 e. The fraction of sp³-hybridized carbons (Fsp3) is 0.538. The molecule has 1 fully saturated rings. The van der Waals surface area contributed by atoms with E-state index in [-0.39, 0.29) is 10.6 Å². The largest absolute Gasteiger partial charge is 0.365 e. The minimum absolute atomic E-state index is 0.220. The van der Waals surface area contributed by atoms with E-state index in [0.29, 0.717) is 17.5 Å². The molecule has 0 amide bonds. The van der Waals surface area contributed by atoms with Crippen LogP contribution in [0.3, 0.4) is 0 Å². The number of hydrogen-bond acceptors (Lipinski definition) is 5. The van der Waals surface area contributed by atoms with Crippen LogP contribution in [-0.2, 0) is 10.0 Å². The molecule has 1 aromatic carbocycles. The molecule has 1 aliphatic heterocycles. The van der Waals surface area contributed by atoms with Crippen LogP contribution in [0.4, 0.5) is 11.4 Å². The number of anilines is 1. The molecule has 1 heterocycles. The topological polar surface area (TPSA) is 107 Å². The summed E-state index contributed by atoms with van der Waals surface area (Å²) >= 11 is 0. The summed E-state index contributed by atoms with van der Waals surface area (Å²) < 4.78 is 22.7. The van der Waals surface area contributed by atoms with E-state index in [1.165, 1.54) is 12.1 Å². The number of nitro groups is 1. The van der Waals surface area contributed by atoms with Crippen molar-refractivity contribution in [1.29, 1.82) is 0 Å². The summed E-state index contributed by atoms with van der Waals surface area (Å²) in [5.74, 6) is 0.873. The molecule has 0 spiro atoms. The van der Waals surface area contributed by atoms with Crippen LogP contribution in [0.2, 0.25) is 0 Å². The molecule has 1 saturated heterocycles. The van der Waals surface area contributed by atoms with Crippen LogP contribution < -0.4 is 10.0 Å². The third-order valence-corrected chi connectivity index (χ3v) is 4.59. The van der Waals surface area contributed by atoms with Gasteiger partial charge in [0.2, 0.25) is 10.0 Å². The molecule has 2 atom stereocenters. The highest BCUT2D eigenvalue weighted by atomic mass is 32.2. The summed E-state index contributed by atoms with van der Waals surface area (Å²) in [7, 11) is -3.95. The van der Waals surface area contributed by atoms with E-state index in [4.69, 9.17) is 5.14 Å². The summed E-state index contributed by atoms with van der Waals surface area (Å²) in [5, 5.41) is 16.3. The summed E-state index contributed by atoms with van der Waals surface area (Å²) in [6.07, 6.45) is 1.08. The lowest BCUT2D eigenvalue weighted by Gasteiger charge is -2.36. The van der Waals surface area contributed by atoms with Crippen molar-refractivity contribution < 1.29 is 13.3 Å². The van der Waals surface area contributed by atoms with Gasteiger partial charge in [0.15, 0.2) is 0 Å². The second-order valence-corrected chi connectivity index (χ2v) is 7.37. The molecule has 1 aliphatic rings. The van der Waals surface area contributed by atoms with Crippen molar-refractivity contribution in [2.75, 3.05) is 18.0 Å². The molecule has 0 radical (unpaired) electrons. The van der Waals surface area contributed by atoms with Gasteiger partial charge in [0.05, 0.1) is 9.82 Å². The lowest BCUT2D eigenvalue weighted by Crippen LogP contribution is -2.39. The Bertz CT molecular complexity index is 649. The molecule has 0 aromatic heterocycles. The molecule has 116 valence electrons. The van der Waals surface area contributed by atoms with Gasteiger partial charge in [0.1, 0.15) is 5.69 Å². The number of sulfonamides is 1. The van der Waals surface area contributed by atoms with Crippen LogP contribution in [0.15, 0.2) is 23.1 Å². The van der Waals surface area contributed by atoms with E-state index in [1.54, 1.807) is 0 Å². The number of nitro benzene ring substituents is 1. The second kappa shape index (κ2) is 5.61. The van der Waals surface area contributed by atoms with E-state index in [9.17, 15) is 18.5 Å². The number of rotatable bonds is 3. The first-order valence-electron chi connectivity index (χ1n) is 6.74. The minimum Gasteiger partial charge on any atom is -0.365 e. The molecule has 8 heteroatoms. The number of nitrogens with two attached hydrogens (primary N) is 1. The minimum atomic E-state index is -3.95. The molecule has 0 aliphatic carbocycles. The molecule has 0 unspecified atom stereocenters. The first kappa shape index (κ1) is 15.7. The molecule has 2 N–H and O–H groups in total. The summed E-state index contributed by atoms with van der Waals surface area (Å²) in [5.41, 5.74) is 0.230. The van der Waals surface area contributed by atoms with Crippen molar-refractivity contribution in [3.8, 4) is 0 Å². The van der Waals surface area contributed by atoms with Gasteiger partial charge in [0.25, 0.3) is 5.69 Å². The van der Waals surface area contributed by atoms with E-state index in [1.807, 2.05) is 4.90 Å². The van der Waals surface area contributed by atoms with E-state index >= 15 is 0 Å². The molecule has 7 nitrogen and oxygen atoms in total. The number of primary sulfonamides is 1. The average Bonchev–Trinajstić information content (AvgIpc) is 2.35. The van der Waals surface area contributed by atoms with Crippen LogP contribution in [0.25, 0.3) is 0 Å². The van der Waals surface area contributed by atoms with Crippen LogP contribution in [0.5, 0.6) is 0 Å². The van der Waals surface area contributed by atoms with E-state index in [2.05, 4.69) is 13.8 Å². The van der Waals surface area contributed by atoms with Gasteiger partial charge in [-0.1, -0.05) is 13.8 Å². The Kier molecular flexibility index (Phi) is 4.20. The predicted molar refractivity (Wildman–Crippen MR) is 79.6 cm³/mol. The standard InChI is InChI=1S/C13H19N3O4S/c1-9-5-10(2)8-15(7-9)12-4-3-11(21(14,19)20)6-13(12)16(17)18/h3-4,6,9-10H,5,7-8H2,1-2H3,(H2,14,19,20)/t9-,10-/m0/s1. The Balaban J connectivity index is 2.46. The number of hydrogen-bond donors (Lipinski definition) is 1. The normalized spacial score (nSPS) is 23.1. The predicted octanol–water partition coefficient (Wildman–Crippen LogP) is 1.72. The summed E-state index contributed by atoms with van der Waals surface area (Å²) in [6, 6.07) is 3.83. The van der Waals surface area contributed by atoms with Gasteiger partial charge in [-0.2, -0.15) is 0 Å². The average molecular weight is 313 g/mol. The number of nitrogens with zero attached hydrogens (tertiary/aromatic N) is 2. The van der Waals surface area contributed by atoms with Crippen LogP contribution >= 0.6 is 0 Å².